The van der Waals surface area contributed by atoms with Crippen LogP contribution in [-0.4, -0.2) is 44.8 Å². The second-order valence-electron chi connectivity index (χ2n) is 5.41. The Bertz CT molecular complexity index is 409. The second kappa shape index (κ2) is 7.72. The Morgan fingerprint density at radius 1 is 1.35 bits per heavy atom. The molecule has 0 heterocycles. The molecule has 20 heavy (non-hydrogen) atoms. The van der Waals surface area contributed by atoms with Crippen molar-refractivity contribution in [3.8, 4) is 0 Å². The SMILES string of the molecule is CNC(CCN(CCOC)C1CC1)c1ccccc1F. The number of rotatable bonds is 9. The first-order chi connectivity index (χ1) is 9.76. The first kappa shape index (κ1) is 15.4. The lowest BCUT2D eigenvalue weighted by atomic mass is 10.0. The number of benzene rings is 1. The first-order valence-corrected chi connectivity index (χ1v) is 7.41. The molecule has 0 radical (unpaired) electrons. The summed E-state index contributed by atoms with van der Waals surface area (Å²) in [6.45, 7) is 2.71. The zero-order valence-electron chi connectivity index (χ0n) is 12.4. The summed E-state index contributed by atoms with van der Waals surface area (Å²) in [7, 11) is 3.63. The fourth-order valence-corrected chi connectivity index (χ4v) is 2.63. The van der Waals surface area contributed by atoms with Gasteiger partial charge in [0, 0.05) is 37.8 Å². The molecular weight excluding hydrogens is 255 g/mol. The zero-order chi connectivity index (χ0) is 14.4. The molecule has 0 saturated heterocycles. The summed E-state index contributed by atoms with van der Waals surface area (Å²) in [5, 5.41) is 3.23. The average molecular weight is 280 g/mol. The van der Waals surface area contributed by atoms with E-state index in [4.69, 9.17) is 4.74 Å². The fraction of sp³-hybridized carbons (Fsp3) is 0.625. The van der Waals surface area contributed by atoms with Gasteiger partial charge in [0.2, 0.25) is 0 Å². The number of hydrogen-bond acceptors (Lipinski definition) is 3. The highest BCUT2D eigenvalue weighted by Crippen LogP contribution is 2.28. The monoisotopic (exact) mass is 280 g/mol. The summed E-state index contributed by atoms with van der Waals surface area (Å²) < 4.78 is 19.0. The minimum absolute atomic E-state index is 0.0694. The van der Waals surface area contributed by atoms with Crippen LogP contribution in [0, 0.1) is 5.82 Å². The van der Waals surface area contributed by atoms with Gasteiger partial charge in [-0.05, 0) is 32.4 Å². The van der Waals surface area contributed by atoms with Crippen LogP contribution in [0.5, 0.6) is 0 Å². The van der Waals surface area contributed by atoms with E-state index in [0.29, 0.717) is 6.04 Å². The minimum Gasteiger partial charge on any atom is -0.383 e. The van der Waals surface area contributed by atoms with Gasteiger partial charge >= 0.3 is 0 Å². The van der Waals surface area contributed by atoms with Gasteiger partial charge in [-0.3, -0.25) is 4.90 Å². The molecule has 1 N–H and O–H groups in total. The van der Waals surface area contributed by atoms with Gasteiger partial charge in [-0.2, -0.15) is 0 Å². The van der Waals surface area contributed by atoms with Crippen LogP contribution in [0.25, 0.3) is 0 Å². The summed E-state index contributed by atoms with van der Waals surface area (Å²) in [6, 6.07) is 7.81. The van der Waals surface area contributed by atoms with Crippen molar-refractivity contribution in [1.82, 2.24) is 10.2 Å². The molecule has 1 unspecified atom stereocenters. The Hall–Kier alpha value is -0.970. The highest BCUT2D eigenvalue weighted by atomic mass is 19.1. The Kier molecular flexibility index (Phi) is 5.95. The predicted molar refractivity (Wildman–Crippen MR) is 79.3 cm³/mol. The molecule has 112 valence electrons. The molecule has 0 aliphatic heterocycles. The summed E-state index contributed by atoms with van der Waals surface area (Å²) in [5.41, 5.74) is 0.762. The maximum Gasteiger partial charge on any atom is 0.127 e. The van der Waals surface area contributed by atoms with Crippen LogP contribution in [0.2, 0.25) is 0 Å². The fourth-order valence-electron chi connectivity index (χ4n) is 2.63. The molecule has 4 heteroatoms. The standard InChI is InChI=1S/C16H25FN2O/c1-18-16(14-5-3-4-6-15(14)17)9-10-19(11-12-20-2)13-7-8-13/h3-6,13,16,18H,7-12H2,1-2H3. The number of ether oxygens (including phenoxy) is 1. The zero-order valence-corrected chi connectivity index (χ0v) is 12.4. The van der Waals surface area contributed by atoms with Crippen molar-refractivity contribution in [2.75, 3.05) is 33.9 Å². The summed E-state index contributed by atoms with van der Waals surface area (Å²) in [5.74, 6) is -0.123. The maximum atomic E-state index is 13.9. The Balaban J connectivity index is 1.90. The Morgan fingerprint density at radius 3 is 2.70 bits per heavy atom. The van der Waals surface area contributed by atoms with Crippen molar-refractivity contribution >= 4 is 0 Å². The van der Waals surface area contributed by atoms with E-state index < -0.39 is 0 Å². The van der Waals surface area contributed by atoms with E-state index in [0.717, 1.165) is 31.7 Å². The Labute approximate surface area is 121 Å². The number of hydrogen-bond donors (Lipinski definition) is 1. The van der Waals surface area contributed by atoms with Crippen LogP contribution in [-0.2, 0) is 4.74 Å². The third-order valence-corrected chi connectivity index (χ3v) is 3.98. The van der Waals surface area contributed by atoms with E-state index in [-0.39, 0.29) is 11.9 Å². The molecule has 1 aromatic carbocycles. The Morgan fingerprint density at radius 2 is 2.10 bits per heavy atom. The molecule has 1 aliphatic rings. The van der Waals surface area contributed by atoms with Gasteiger partial charge in [-0.15, -0.1) is 0 Å². The molecule has 0 amide bonds. The van der Waals surface area contributed by atoms with E-state index in [9.17, 15) is 4.39 Å². The average Bonchev–Trinajstić information content (AvgIpc) is 3.29. The van der Waals surface area contributed by atoms with Crippen molar-refractivity contribution in [1.29, 1.82) is 0 Å². The van der Waals surface area contributed by atoms with Crippen LogP contribution >= 0.6 is 0 Å². The quantitative estimate of drug-likeness (QED) is 0.752. The van der Waals surface area contributed by atoms with Gasteiger partial charge in [0.05, 0.1) is 6.61 Å². The normalized spacial score (nSPS) is 16.6. The van der Waals surface area contributed by atoms with Gasteiger partial charge in [0.1, 0.15) is 5.82 Å². The van der Waals surface area contributed by atoms with Gasteiger partial charge < -0.3 is 10.1 Å². The lowest BCUT2D eigenvalue weighted by Gasteiger charge is -2.25. The third kappa shape index (κ3) is 4.27. The number of halogens is 1. The van der Waals surface area contributed by atoms with Gasteiger partial charge in [0.25, 0.3) is 0 Å². The topological polar surface area (TPSA) is 24.5 Å². The van der Waals surface area contributed by atoms with Crippen LogP contribution in [0.15, 0.2) is 24.3 Å². The molecule has 1 atom stereocenters. The molecule has 0 bridgehead atoms. The van der Waals surface area contributed by atoms with E-state index in [2.05, 4.69) is 10.2 Å². The largest absolute Gasteiger partial charge is 0.383 e. The van der Waals surface area contributed by atoms with Crippen LogP contribution in [0.3, 0.4) is 0 Å². The molecular formula is C16H25FN2O. The van der Waals surface area contributed by atoms with Gasteiger partial charge in [0.15, 0.2) is 0 Å². The van der Waals surface area contributed by atoms with E-state index in [1.54, 1.807) is 13.2 Å². The van der Waals surface area contributed by atoms with Crippen molar-refractivity contribution < 1.29 is 9.13 Å². The van der Waals surface area contributed by atoms with E-state index >= 15 is 0 Å². The third-order valence-electron chi connectivity index (χ3n) is 3.98. The molecule has 1 aromatic rings. The molecule has 1 aliphatic carbocycles. The molecule has 1 saturated carbocycles. The summed E-state index contributed by atoms with van der Waals surface area (Å²) in [4.78, 5) is 2.47. The highest BCUT2D eigenvalue weighted by Gasteiger charge is 2.29. The molecule has 0 spiro atoms. The van der Waals surface area contributed by atoms with Crippen LogP contribution in [0.4, 0.5) is 4.39 Å². The lowest BCUT2D eigenvalue weighted by Crippen LogP contribution is -2.33. The number of nitrogens with one attached hydrogen (secondary N) is 1. The van der Waals surface area contributed by atoms with Crippen molar-refractivity contribution in [2.45, 2.75) is 31.3 Å². The lowest BCUT2D eigenvalue weighted by molar-refractivity contribution is 0.140. The number of nitrogens with zero attached hydrogens (tertiary/aromatic N) is 1. The molecule has 2 rings (SSSR count). The molecule has 1 fully saturated rings. The second-order valence-corrected chi connectivity index (χ2v) is 5.41. The van der Waals surface area contributed by atoms with Crippen LogP contribution in [0.1, 0.15) is 30.9 Å². The highest BCUT2D eigenvalue weighted by molar-refractivity contribution is 5.21. The van der Waals surface area contributed by atoms with E-state index in [1.165, 1.54) is 18.9 Å². The van der Waals surface area contributed by atoms with Crippen molar-refractivity contribution in [3.05, 3.63) is 35.6 Å². The first-order valence-electron chi connectivity index (χ1n) is 7.41. The van der Waals surface area contributed by atoms with Crippen LogP contribution < -0.4 is 5.32 Å². The van der Waals surface area contributed by atoms with Crippen molar-refractivity contribution in [2.24, 2.45) is 0 Å². The van der Waals surface area contributed by atoms with Gasteiger partial charge in [-0.25, -0.2) is 4.39 Å². The summed E-state index contributed by atoms with van der Waals surface area (Å²) >= 11 is 0. The number of methoxy groups -OCH3 is 1. The smallest absolute Gasteiger partial charge is 0.127 e. The van der Waals surface area contributed by atoms with E-state index in [1.807, 2.05) is 19.2 Å². The molecule has 0 aromatic heterocycles. The minimum atomic E-state index is -0.123. The summed E-state index contributed by atoms with van der Waals surface area (Å²) in [6.07, 6.45) is 3.49. The maximum absolute atomic E-state index is 13.9. The predicted octanol–water partition coefficient (Wildman–Crippen LogP) is 2.59. The van der Waals surface area contributed by atoms with Crippen molar-refractivity contribution in [3.63, 3.8) is 0 Å². The molecule has 3 nitrogen and oxygen atoms in total. The van der Waals surface area contributed by atoms with Gasteiger partial charge in [-0.1, -0.05) is 18.2 Å².